The summed E-state index contributed by atoms with van der Waals surface area (Å²) in [4.78, 5) is 29.4. The summed E-state index contributed by atoms with van der Waals surface area (Å²) in [6.45, 7) is 8.84. The minimum Gasteiger partial charge on any atom is -0.489 e. The molecule has 1 fully saturated rings. The highest BCUT2D eigenvalue weighted by atomic mass is 19.2. The lowest BCUT2D eigenvalue weighted by Gasteiger charge is -2.25. The molecule has 44 heavy (non-hydrogen) atoms. The number of carbonyl (C=O) groups excluding carboxylic acids is 2. The number of nitrogens with one attached hydrogen (secondary N) is 1. The molecule has 1 aromatic carbocycles. The summed E-state index contributed by atoms with van der Waals surface area (Å²) >= 11 is 0. The highest BCUT2D eigenvalue weighted by molar-refractivity contribution is 6.01. The summed E-state index contributed by atoms with van der Waals surface area (Å²) in [6.07, 6.45) is 3.54. The Hall–Kier alpha value is -4.16. The Morgan fingerprint density at radius 2 is 1.84 bits per heavy atom. The zero-order valence-electron chi connectivity index (χ0n) is 25.7. The maximum atomic E-state index is 15.2. The quantitative estimate of drug-likeness (QED) is 0.193. The Kier molecular flexibility index (Phi) is 8.85. The van der Waals surface area contributed by atoms with E-state index in [1.807, 2.05) is 32.1 Å². The molecule has 0 saturated carbocycles. The molecular formula is C32H38F2N6O4. The molecule has 1 atom stereocenters. The van der Waals surface area contributed by atoms with Crippen LogP contribution in [0.25, 0.3) is 16.8 Å². The van der Waals surface area contributed by atoms with E-state index in [1.165, 1.54) is 11.0 Å². The fourth-order valence-corrected chi connectivity index (χ4v) is 5.37. The number of pyridine rings is 1. The third-order valence-corrected chi connectivity index (χ3v) is 8.08. The number of nitrogens with zero attached hydrogens (tertiary/aromatic N) is 5. The van der Waals surface area contributed by atoms with E-state index in [1.54, 1.807) is 36.3 Å². The highest BCUT2D eigenvalue weighted by Gasteiger charge is 2.30. The highest BCUT2D eigenvalue weighted by Crippen LogP contribution is 2.36. The van der Waals surface area contributed by atoms with Crippen molar-refractivity contribution in [3.8, 4) is 16.9 Å². The number of fused-ring (bicyclic) bond motifs is 1. The van der Waals surface area contributed by atoms with Crippen molar-refractivity contribution in [3.05, 3.63) is 70.9 Å². The summed E-state index contributed by atoms with van der Waals surface area (Å²) < 4.78 is 39.1. The van der Waals surface area contributed by atoms with E-state index < -0.39 is 23.2 Å². The van der Waals surface area contributed by atoms with Crippen LogP contribution in [0.1, 0.15) is 62.4 Å². The first-order chi connectivity index (χ1) is 20.9. The number of hydrogen-bond donors (Lipinski definition) is 2. The van der Waals surface area contributed by atoms with Crippen molar-refractivity contribution in [1.82, 2.24) is 29.4 Å². The number of amides is 2. The SMILES string of the molecule is Cc1c(CCOc2c(-c3ccc4ncc(CNCCN5C(=O)CCC5=O)n4c3)ccc(F)c2F)c(C(O)C(C)(C)C)nn1C. The van der Waals surface area contributed by atoms with Gasteiger partial charge >= 0.3 is 0 Å². The maximum absolute atomic E-state index is 15.2. The Morgan fingerprint density at radius 3 is 2.55 bits per heavy atom. The zero-order chi connectivity index (χ0) is 31.8. The van der Waals surface area contributed by atoms with Crippen molar-refractivity contribution in [3.63, 3.8) is 0 Å². The number of benzene rings is 1. The Balaban J connectivity index is 1.34. The number of halogens is 2. The second-order valence-electron chi connectivity index (χ2n) is 12.2. The third-order valence-electron chi connectivity index (χ3n) is 8.08. The van der Waals surface area contributed by atoms with Crippen LogP contribution < -0.4 is 10.1 Å². The van der Waals surface area contributed by atoms with Crippen LogP contribution in [0, 0.1) is 24.0 Å². The summed E-state index contributed by atoms with van der Waals surface area (Å²) in [7, 11) is 1.80. The van der Waals surface area contributed by atoms with Gasteiger partial charge in [0.25, 0.3) is 0 Å². The van der Waals surface area contributed by atoms with Crippen molar-refractivity contribution in [2.24, 2.45) is 12.5 Å². The number of aliphatic hydroxyl groups excluding tert-OH is 1. The van der Waals surface area contributed by atoms with Gasteiger partial charge in [0.1, 0.15) is 11.8 Å². The fourth-order valence-electron chi connectivity index (χ4n) is 5.37. The molecule has 10 nitrogen and oxygen atoms in total. The van der Waals surface area contributed by atoms with Crippen LogP contribution in [0.3, 0.4) is 0 Å². The average molecular weight is 609 g/mol. The fraction of sp³-hybridized carbons (Fsp3) is 0.438. The molecule has 0 spiro atoms. The lowest BCUT2D eigenvalue weighted by Crippen LogP contribution is -2.35. The minimum atomic E-state index is -1.08. The second-order valence-corrected chi connectivity index (χ2v) is 12.2. The molecule has 12 heteroatoms. The van der Waals surface area contributed by atoms with E-state index in [0.29, 0.717) is 48.5 Å². The van der Waals surface area contributed by atoms with E-state index in [4.69, 9.17) is 4.74 Å². The van der Waals surface area contributed by atoms with Gasteiger partial charge in [-0.25, -0.2) is 9.37 Å². The van der Waals surface area contributed by atoms with E-state index in [-0.39, 0.29) is 37.0 Å². The summed E-state index contributed by atoms with van der Waals surface area (Å²) in [5, 5.41) is 18.7. The van der Waals surface area contributed by atoms with Crippen molar-refractivity contribution in [2.45, 2.75) is 59.6 Å². The van der Waals surface area contributed by atoms with Gasteiger partial charge in [-0.3, -0.25) is 19.2 Å². The molecule has 1 unspecified atom stereocenters. The van der Waals surface area contributed by atoms with Crippen LogP contribution in [-0.4, -0.2) is 60.7 Å². The number of carbonyl (C=O) groups is 2. The largest absolute Gasteiger partial charge is 0.489 e. The van der Waals surface area contributed by atoms with Gasteiger partial charge in [0.2, 0.25) is 17.6 Å². The molecule has 4 aromatic rings. The van der Waals surface area contributed by atoms with Gasteiger partial charge in [-0.1, -0.05) is 20.8 Å². The van der Waals surface area contributed by atoms with Gasteiger partial charge in [-0.05, 0) is 36.6 Å². The molecule has 2 amide bonds. The predicted octanol–water partition coefficient (Wildman–Crippen LogP) is 4.26. The Morgan fingerprint density at radius 1 is 1.11 bits per heavy atom. The standard InChI is InChI=1S/C32H38F2N6O4/c1-19-22(29(37-38(19)5)31(43)32(2,3)4)12-15-44-30-23(7-8-24(33)28(30)34)20-6-9-25-36-17-21(40(25)18-20)16-35-13-14-39-26(41)10-11-27(39)42/h6-9,17-18,31,35,43H,10-16H2,1-5H3. The normalized spacial score (nSPS) is 14.7. The van der Waals surface area contributed by atoms with Gasteiger partial charge in [-0.15, -0.1) is 0 Å². The molecule has 1 aliphatic heterocycles. The van der Waals surface area contributed by atoms with Gasteiger partial charge in [0, 0.05) is 74.5 Å². The molecule has 4 heterocycles. The van der Waals surface area contributed by atoms with Crippen molar-refractivity contribution >= 4 is 17.5 Å². The zero-order valence-corrected chi connectivity index (χ0v) is 25.7. The molecular weight excluding hydrogens is 570 g/mol. The number of aryl methyl sites for hydroxylation is 1. The Bertz CT molecular complexity index is 1690. The van der Waals surface area contributed by atoms with Crippen molar-refractivity contribution in [1.29, 1.82) is 0 Å². The number of rotatable bonds is 11. The van der Waals surface area contributed by atoms with E-state index in [9.17, 15) is 19.1 Å². The minimum absolute atomic E-state index is 0.0360. The van der Waals surface area contributed by atoms with E-state index >= 15 is 4.39 Å². The molecule has 3 aromatic heterocycles. The first-order valence-corrected chi connectivity index (χ1v) is 14.7. The van der Waals surface area contributed by atoms with Crippen LogP contribution in [-0.2, 0) is 29.6 Å². The molecule has 234 valence electrons. The van der Waals surface area contributed by atoms with E-state index in [2.05, 4.69) is 15.4 Å². The number of aliphatic hydroxyl groups is 1. The van der Waals surface area contributed by atoms with E-state index in [0.717, 1.165) is 23.0 Å². The van der Waals surface area contributed by atoms with Gasteiger partial charge < -0.3 is 19.6 Å². The number of aromatic nitrogens is 4. The number of imide groups is 1. The molecule has 0 aliphatic carbocycles. The topological polar surface area (TPSA) is 114 Å². The van der Waals surface area contributed by atoms with Gasteiger partial charge in [0.05, 0.1) is 24.2 Å². The lowest BCUT2D eigenvalue weighted by atomic mass is 9.85. The van der Waals surface area contributed by atoms with Crippen LogP contribution in [0.5, 0.6) is 5.75 Å². The van der Waals surface area contributed by atoms with Gasteiger partial charge in [0.15, 0.2) is 11.6 Å². The molecule has 5 rings (SSSR count). The summed E-state index contributed by atoms with van der Waals surface area (Å²) in [5.41, 5.74) is 4.22. The summed E-state index contributed by atoms with van der Waals surface area (Å²) in [5.74, 6) is -2.62. The second kappa shape index (κ2) is 12.4. The molecule has 2 N–H and O–H groups in total. The number of ether oxygens (including phenoxy) is 1. The molecule has 0 bridgehead atoms. The van der Waals surface area contributed by atoms with Gasteiger partial charge in [-0.2, -0.15) is 9.49 Å². The smallest absolute Gasteiger partial charge is 0.229 e. The molecule has 0 radical (unpaired) electrons. The van der Waals surface area contributed by atoms with Crippen molar-refractivity contribution in [2.75, 3.05) is 19.7 Å². The monoisotopic (exact) mass is 608 g/mol. The average Bonchev–Trinajstić information content (AvgIpc) is 3.63. The maximum Gasteiger partial charge on any atom is 0.229 e. The lowest BCUT2D eigenvalue weighted by molar-refractivity contribution is -0.138. The van der Waals surface area contributed by atoms with Crippen molar-refractivity contribution < 1.29 is 28.2 Å². The van der Waals surface area contributed by atoms with Crippen LogP contribution in [0.2, 0.25) is 0 Å². The first kappa shape index (κ1) is 31.3. The van der Waals surface area contributed by atoms with Crippen LogP contribution >= 0.6 is 0 Å². The summed E-state index contributed by atoms with van der Waals surface area (Å²) in [6, 6.07) is 6.11. The first-order valence-electron chi connectivity index (χ1n) is 14.7. The Labute approximate surface area is 254 Å². The molecule has 1 aliphatic rings. The van der Waals surface area contributed by atoms with Crippen LogP contribution in [0.4, 0.5) is 8.78 Å². The third kappa shape index (κ3) is 6.22. The number of imidazole rings is 1. The predicted molar refractivity (Wildman–Crippen MR) is 160 cm³/mol. The van der Waals surface area contributed by atoms with Crippen LogP contribution in [0.15, 0.2) is 36.7 Å². The number of hydrogen-bond acceptors (Lipinski definition) is 7. The number of likely N-dealkylation sites (tertiary alicyclic amines) is 1. The molecule has 1 saturated heterocycles.